The highest BCUT2D eigenvalue weighted by Crippen LogP contribution is 2.37. The van der Waals surface area contributed by atoms with E-state index in [-0.39, 0.29) is 17.7 Å². The minimum atomic E-state index is -0.699. The summed E-state index contributed by atoms with van der Waals surface area (Å²) in [5.41, 5.74) is 1.86. The molecule has 3 rings (SSSR count). The number of ether oxygens (including phenoxy) is 1. The molecule has 0 aromatic heterocycles. The molecule has 2 amide bonds. The van der Waals surface area contributed by atoms with Crippen LogP contribution in [0.15, 0.2) is 53.4 Å². The van der Waals surface area contributed by atoms with Gasteiger partial charge in [0.05, 0.1) is 17.2 Å². The number of halogens is 2. The number of likely N-dealkylation sites (tertiary alicyclic amines) is 1. The molecule has 0 bridgehead atoms. The monoisotopic (exact) mass is 534 g/mol. The van der Waals surface area contributed by atoms with Gasteiger partial charge in [0, 0.05) is 35.7 Å². The van der Waals surface area contributed by atoms with Crippen LogP contribution in [0.3, 0.4) is 0 Å². The summed E-state index contributed by atoms with van der Waals surface area (Å²) >= 11 is 14.6. The van der Waals surface area contributed by atoms with E-state index in [0.29, 0.717) is 41.5 Å². The van der Waals surface area contributed by atoms with Crippen LogP contribution in [0.4, 0.5) is 0 Å². The molecule has 2 aromatic rings. The van der Waals surface area contributed by atoms with Gasteiger partial charge in [-0.25, -0.2) is 4.79 Å². The fraction of sp³-hybridized carbons (Fsp3) is 0.346. The van der Waals surface area contributed by atoms with Crippen LogP contribution in [-0.4, -0.2) is 48.9 Å². The van der Waals surface area contributed by atoms with Crippen LogP contribution in [0.1, 0.15) is 30.9 Å². The highest BCUT2D eigenvalue weighted by Gasteiger charge is 2.28. The Hall–Kier alpha value is -2.48. The normalized spacial score (nSPS) is 15.1. The van der Waals surface area contributed by atoms with Crippen LogP contribution in [0.2, 0.25) is 10.0 Å². The smallest absolute Gasteiger partial charge is 0.328 e. The summed E-state index contributed by atoms with van der Waals surface area (Å²) < 4.78 is 4.63. The summed E-state index contributed by atoms with van der Waals surface area (Å²) in [4.78, 5) is 39.1. The maximum Gasteiger partial charge on any atom is 0.328 e. The summed E-state index contributed by atoms with van der Waals surface area (Å²) in [6.45, 7) is 2.49. The zero-order valence-corrected chi connectivity index (χ0v) is 22.0. The van der Waals surface area contributed by atoms with E-state index in [4.69, 9.17) is 23.2 Å². The number of nitrogens with one attached hydrogen (secondary N) is 1. The van der Waals surface area contributed by atoms with E-state index < -0.39 is 12.0 Å². The van der Waals surface area contributed by atoms with Crippen LogP contribution >= 0.6 is 35.0 Å². The first kappa shape index (κ1) is 27.1. The topological polar surface area (TPSA) is 75.7 Å². The number of piperidine rings is 1. The number of hydrogen-bond acceptors (Lipinski definition) is 5. The summed E-state index contributed by atoms with van der Waals surface area (Å²) in [7, 11) is 1.28. The van der Waals surface area contributed by atoms with Gasteiger partial charge in [0.2, 0.25) is 11.8 Å². The molecule has 9 heteroatoms. The van der Waals surface area contributed by atoms with Crippen molar-refractivity contribution in [2.75, 3.05) is 20.2 Å². The molecule has 0 spiro atoms. The lowest BCUT2D eigenvalue weighted by Gasteiger charge is -2.31. The minimum absolute atomic E-state index is 0.151. The van der Waals surface area contributed by atoms with Gasteiger partial charge in [0.15, 0.2) is 0 Å². The van der Waals surface area contributed by atoms with Gasteiger partial charge in [-0.05, 0) is 43.0 Å². The first-order valence-electron chi connectivity index (χ1n) is 11.3. The molecule has 1 atom stereocenters. The van der Waals surface area contributed by atoms with Crippen molar-refractivity contribution in [3.05, 3.63) is 69.7 Å². The molecule has 0 unspecified atom stereocenters. The van der Waals surface area contributed by atoms with Crippen molar-refractivity contribution in [3.63, 3.8) is 0 Å². The number of carbonyl (C=O) groups is 3. The highest BCUT2D eigenvalue weighted by molar-refractivity contribution is 7.98. The van der Waals surface area contributed by atoms with Gasteiger partial charge in [0.1, 0.15) is 6.04 Å². The highest BCUT2D eigenvalue weighted by atomic mass is 35.5. The van der Waals surface area contributed by atoms with Gasteiger partial charge in [0.25, 0.3) is 0 Å². The van der Waals surface area contributed by atoms with Gasteiger partial charge in [-0.1, -0.05) is 59.6 Å². The third-order valence-corrected chi connectivity index (χ3v) is 7.95. The van der Waals surface area contributed by atoms with Crippen LogP contribution in [0.5, 0.6) is 0 Å². The molecule has 1 aliphatic rings. The second-order valence-corrected chi connectivity index (χ2v) is 10.0. The fourth-order valence-electron chi connectivity index (χ4n) is 3.72. The molecule has 1 fully saturated rings. The Morgan fingerprint density at radius 3 is 2.46 bits per heavy atom. The molecule has 1 saturated heterocycles. The quantitative estimate of drug-likeness (QED) is 0.285. The van der Waals surface area contributed by atoms with E-state index in [1.807, 2.05) is 30.3 Å². The molecule has 0 radical (unpaired) electrons. The van der Waals surface area contributed by atoms with Gasteiger partial charge in [-0.3, -0.25) is 9.59 Å². The molecule has 6 nitrogen and oxygen atoms in total. The van der Waals surface area contributed by atoms with Crippen molar-refractivity contribution in [3.8, 4) is 0 Å². The molecule has 1 aliphatic heterocycles. The molecule has 0 aliphatic carbocycles. The summed E-state index contributed by atoms with van der Waals surface area (Å²) in [6, 6.07) is 13.2. The molecular formula is C26H28Cl2N2O4S. The standard InChI is InChI=1S/C26H28Cl2N2O4S/c1-17(26(33)34-2)29-25(32)20-12-14-30(15-13-20)22(31)11-9-19-8-10-21(24(28)23(19)27)35-16-18-6-4-3-5-7-18/h3-11,17,20H,12-16H2,1-2H3,(H,29,32)/b11-9+/t17-/m0/s1. The lowest BCUT2D eigenvalue weighted by molar-refractivity contribution is -0.145. The van der Waals surface area contributed by atoms with E-state index in [1.165, 1.54) is 18.7 Å². The SMILES string of the molecule is COC(=O)[C@H](C)NC(=O)C1CCN(C(=O)/C=C/c2ccc(SCc3ccccc3)c(Cl)c2Cl)CC1. The van der Waals surface area contributed by atoms with E-state index in [9.17, 15) is 14.4 Å². The Labute approximate surface area is 220 Å². The van der Waals surface area contributed by atoms with Crippen molar-refractivity contribution in [1.29, 1.82) is 0 Å². The van der Waals surface area contributed by atoms with Crippen molar-refractivity contribution < 1.29 is 19.1 Å². The predicted molar refractivity (Wildman–Crippen MR) is 140 cm³/mol. The van der Waals surface area contributed by atoms with Gasteiger partial charge in [-0.15, -0.1) is 11.8 Å². The summed E-state index contributed by atoms with van der Waals surface area (Å²) in [5.74, 6) is -0.305. The van der Waals surface area contributed by atoms with Crippen molar-refractivity contribution in [2.24, 2.45) is 5.92 Å². The third kappa shape index (κ3) is 7.50. The molecule has 35 heavy (non-hydrogen) atoms. The molecule has 0 saturated carbocycles. The van der Waals surface area contributed by atoms with E-state index in [1.54, 1.807) is 29.7 Å². The van der Waals surface area contributed by atoms with Gasteiger partial charge >= 0.3 is 5.97 Å². The van der Waals surface area contributed by atoms with Crippen molar-refractivity contribution in [1.82, 2.24) is 10.2 Å². The number of carbonyl (C=O) groups excluding carboxylic acids is 3. The lowest BCUT2D eigenvalue weighted by atomic mass is 9.95. The maximum atomic E-state index is 12.7. The lowest BCUT2D eigenvalue weighted by Crippen LogP contribution is -2.46. The zero-order valence-electron chi connectivity index (χ0n) is 19.6. The van der Waals surface area contributed by atoms with Gasteiger partial charge in [-0.2, -0.15) is 0 Å². The molecule has 186 valence electrons. The van der Waals surface area contributed by atoms with Crippen molar-refractivity contribution in [2.45, 2.75) is 36.5 Å². The molecule has 1 heterocycles. The fourth-order valence-corrected chi connectivity index (χ4v) is 5.24. The Morgan fingerprint density at radius 2 is 1.80 bits per heavy atom. The molecule has 1 N–H and O–H groups in total. The Morgan fingerprint density at radius 1 is 1.11 bits per heavy atom. The van der Waals surface area contributed by atoms with E-state index in [2.05, 4.69) is 22.2 Å². The predicted octanol–water partition coefficient (Wildman–Crippen LogP) is 5.22. The molecule has 2 aromatic carbocycles. The molecular weight excluding hydrogens is 507 g/mol. The number of esters is 1. The van der Waals surface area contributed by atoms with Crippen molar-refractivity contribution >= 4 is 58.8 Å². The Bertz CT molecular complexity index is 1090. The van der Waals surface area contributed by atoms with E-state index >= 15 is 0 Å². The largest absolute Gasteiger partial charge is 0.467 e. The number of hydrogen-bond donors (Lipinski definition) is 1. The Balaban J connectivity index is 1.53. The number of methoxy groups -OCH3 is 1. The first-order chi connectivity index (χ1) is 16.8. The second kappa shape index (κ2) is 13.0. The average molecular weight is 535 g/mol. The zero-order chi connectivity index (χ0) is 25.4. The second-order valence-electron chi connectivity index (χ2n) is 8.24. The number of amides is 2. The third-order valence-electron chi connectivity index (χ3n) is 5.81. The summed E-state index contributed by atoms with van der Waals surface area (Å²) in [5, 5.41) is 3.54. The minimum Gasteiger partial charge on any atom is -0.467 e. The summed E-state index contributed by atoms with van der Waals surface area (Å²) in [6.07, 6.45) is 4.20. The number of thioether (sulfide) groups is 1. The van der Waals surface area contributed by atoms with Gasteiger partial charge < -0.3 is 15.0 Å². The number of rotatable bonds is 8. The van der Waals surface area contributed by atoms with Crippen LogP contribution in [0, 0.1) is 5.92 Å². The van der Waals surface area contributed by atoms with E-state index in [0.717, 1.165) is 10.6 Å². The number of benzene rings is 2. The van der Waals surface area contributed by atoms with Crippen LogP contribution in [0.25, 0.3) is 6.08 Å². The van der Waals surface area contributed by atoms with Crippen LogP contribution in [-0.2, 0) is 24.9 Å². The maximum absolute atomic E-state index is 12.7. The number of nitrogens with zero attached hydrogens (tertiary/aromatic N) is 1. The first-order valence-corrected chi connectivity index (χ1v) is 13.0. The van der Waals surface area contributed by atoms with Crippen LogP contribution < -0.4 is 5.32 Å². The average Bonchev–Trinajstić information content (AvgIpc) is 2.88. The Kier molecular flexibility index (Phi) is 10.1.